The molecule has 0 spiro atoms. The number of sulfonamides is 1. The zero-order valence-corrected chi connectivity index (χ0v) is 17.7. The van der Waals surface area contributed by atoms with E-state index in [1.807, 2.05) is 39.0 Å². The van der Waals surface area contributed by atoms with Gasteiger partial charge in [0.2, 0.25) is 0 Å². The van der Waals surface area contributed by atoms with Crippen molar-refractivity contribution in [1.29, 1.82) is 0 Å². The van der Waals surface area contributed by atoms with E-state index in [2.05, 4.69) is 5.32 Å². The summed E-state index contributed by atoms with van der Waals surface area (Å²) in [6.45, 7) is 5.81. The van der Waals surface area contributed by atoms with Crippen molar-refractivity contribution in [2.75, 3.05) is 16.7 Å². The minimum absolute atomic E-state index is 0.176. The second-order valence-corrected chi connectivity index (χ2v) is 9.10. The molecule has 0 aliphatic rings. The molecule has 6 heteroatoms. The average Bonchev–Trinajstić information content (AvgIpc) is 2.67. The van der Waals surface area contributed by atoms with Crippen molar-refractivity contribution in [2.45, 2.75) is 25.7 Å². The van der Waals surface area contributed by atoms with E-state index in [1.165, 1.54) is 7.05 Å². The molecule has 0 atom stereocenters. The zero-order valence-electron chi connectivity index (χ0n) is 16.9. The molecule has 0 saturated carbocycles. The lowest BCUT2D eigenvalue weighted by Crippen LogP contribution is -2.29. The highest BCUT2D eigenvalue weighted by molar-refractivity contribution is 7.92. The number of nitrogens with zero attached hydrogens (tertiary/aromatic N) is 1. The first-order chi connectivity index (χ1) is 13.7. The van der Waals surface area contributed by atoms with Crippen LogP contribution in [0.4, 0.5) is 11.4 Å². The SMILES string of the molecule is Cc1ccc(S(=O)(=O)N(C)c2ccccc2C(=O)Nc2cc(C)cc(C)c2)cc1. The molecule has 0 aromatic heterocycles. The van der Waals surface area contributed by atoms with Crippen molar-refractivity contribution >= 4 is 27.3 Å². The van der Waals surface area contributed by atoms with Crippen LogP contribution in [-0.2, 0) is 10.0 Å². The molecule has 0 aliphatic heterocycles. The van der Waals surface area contributed by atoms with Crippen LogP contribution < -0.4 is 9.62 Å². The maximum atomic E-state index is 13.1. The van der Waals surface area contributed by atoms with Gasteiger partial charge >= 0.3 is 0 Å². The summed E-state index contributed by atoms with van der Waals surface area (Å²) in [4.78, 5) is 13.1. The summed E-state index contributed by atoms with van der Waals surface area (Å²) in [5.74, 6) is -0.364. The summed E-state index contributed by atoms with van der Waals surface area (Å²) in [6, 6.07) is 19.1. The normalized spacial score (nSPS) is 11.2. The van der Waals surface area contributed by atoms with E-state index in [-0.39, 0.29) is 16.4 Å². The van der Waals surface area contributed by atoms with Gasteiger partial charge in [-0.2, -0.15) is 0 Å². The Kier molecular flexibility index (Phi) is 5.75. The predicted octanol–water partition coefficient (Wildman–Crippen LogP) is 4.69. The molecule has 0 saturated heterocycles. The first-order valence-electron chi connectivity index (χ1n) is 9.23. The van der Waals surface area contributed by atoms with Gasteiger partial charge in [0.15, 0.2) is 0 Å². The molecular weight excluding hydrogens is 384 g/mol. The Morgan fingerprint density at radius 3 is 2.03 bits per heavy atom. The number of carbonyl (C=O) groups is 1. The van der Waals surface area contributed by atoms with Gasteiger partial charge in [0.1, 0.15) is 0 Å². The van der Waals surface area contributed by atoms with Crippen LogP contribution >= 0.6 is 0 Å². The molecule has 1 amide bonds. The van der Waals surface area contributed by atoms with E-state index < -0.39 is 10.0 Å². The molecule has 0 heterocycles. The molecule has 3 rings (SSSR count). The quantitative estimate of drug-likeness (QED) is 0.666. The summed E-state index contributed by atoms with van der Waals surface area (Å²) >= 11 is 0. The van der Waals surface area contributed by atoms with Gasteiger partial charge in [-0.15, -0.1) is 0 Å². The molecule has 0 aliphatic carbocycles. The van der Waals surface area contributed by atoms with Crippen LogP contribution in [0.5, 0.6) is 0 Å². The van der Waals surface area contributed by atoms with Gasteiger partial charge in [-0.3, -0.25) is 9.10 Å². The summed E-state index contributed by atoms with van der Waals surface area (Å²) < 4.78 is 27.3. The second-order valence-electron chi connectivity index (χ2n) is 7.13. The van der Waals surface area contributed by atoms with Crippen molar-refractivity contribution in [1.82, 2.24) is 0 Å². The Bertz CT molecular complexity index is 1130. The molecular formula is C23H24N2O3S. The van der Waals surface area contributed by atoms with Crippen molar-refractivity contribution in [3.63, 3.8) is 0 Å². The number of benzene rings is 3. The molecule has 3 aromatic carbocycles. The van der Waals surface area contributed by atoms with Crippen molar-refractivity contribution in [2.24, 2.45) is 0 Å². The monoisotopic (exact) mass is 408 g/mol. The first-order valence-corrected chi connectivity index (χ1v) is 10.7. The average molecular weight is 409 g/mol. The van der Waals surface area contributed by atoms with Gasteiger partial charge < -0.3 is 5.32 Å². The first kappa shape index (κ1) is 20.6. The van der Waals surface area contributed by atoms with Gasteiger partial charge in [-0.1, -0.05) is 35.9 Å². The fraction of sp³-hybridized carbons (Fsp3) is 0.174. The number of amides is 1. The number of para-hydroxylation sites is 1. The highest BCUT2D eigenvalue weighted by Crippen LogP contribution is 2.27. The number of hydrogen-bond acceptors (Lipinski definition) is 3. The highest BCUT2D eigenvalue weighted by atomic mass is 32.2. The molecule has 0 bridgehead atoms. The van der Waals surface area contributed by atoms with Gasteiger partial charge in [0.05, 0.1) is 16.1 Å². The molecule has 150 valence electrons. The van der Waals surface area contributed by atoms with Crippen LogP contribution in [0.15, 0.2) is 71.6 Å². The largest absolute Gasteiger partial charge is 0.322 e. The summed E-state index contributed by atoms with van der Waals surface area (Å²) in [5.41, 5.74) is 4.31. The number of anilines is 2. The van der Waals surface area contributed by atoms with Crippen molar-refractivity contribution < 1.29 is 13.2 Å². The Morgan fingerprint density at radius 2 is 1.41 bits per heavy atom. The Morgan fingerprint density at radius 1 is 0.828 bits per heavy atom. The smallest absolute Gasteiger partial charge is 0.264 e. The number of carbonyl (C=O) groups excluding carboxylic acids is 1. The number of hydrogen-bond donors (Lipinski definition) is 1. The van der Waals surface area contributed by atoms with E-state index in [1.54, 1.807) is 48.5 Å². The summed E-state index contributed by atoms with van der Waals surface area (Å²) in [6.07, 6.45) is 0. The van der Waals surface area contributed by atoms with Crippen LogP contribution in [-0.4, -0.2) is 21.4 Å². The standard InChI is InChI=1S/C23H24N2O3S/c1-16-9-11-20(12-10-16)29(27,28)25(4)22-8-6-5-7-21(22)23(26)24-19-14-17(2)13-18(3)15-19/h5-15H,1-4H3,(H,24,26). The molecule has 3 aromatic rings. The van der Waals surface area contributed by atoms with E-state index in [9.17, 15) is 13.2 Å². The van der Waals surface area contributed by atoms with Crippen LogP contribution in [0.3, 0.4) is 0 Å². The Labute approximate surface area is 172 Å². The maximum absolute atomic E-state index is 13.1. The van der Waals surface area contributed by atoms with Crippen LogP contribution in [0.2, 0.25) is 0 Å². The third-order valence-corrected chi connectivity index (χ3v) is 6.43. The Hall–Kier alpha value is -3.12. The fourth-order valence-electron chi connectivity index (χ4n) is 3.18. The number of nitrogens with one attached hydrogen (secondary N) is 1. The fourth-order valence-corrected chi connectivity index (χ4v) is 4.40. The lowest BCUT2D eigenvalue weighted by atomic mass is 10.1. The molecule has 1 N–H and O–H groups in total. The Balaban J connectivity index is 1.95. The van der Waals surface area contributed by atoms with Gasteiger partial charge in [0, 0.05) is 12.7 Å². The van der Waals surface area contributed by atoms with Crippen LogP contribution in [0, 0.1) is 20.8 Å². The zero-order chi connectivity index (χ0) is 21.2. The van der Waals surface area contributed by atoms with Crippen molar-refractivity contribution in [3.05, 3.63) is 89.0 Å². The summed E-state index contributed by atoms with van der Waals surface area (Å²) in [5, 5.41) is 2.87. The van der Waals surface area contributed by atoms with Crippen LogP contribution in [0.1, 0.15) is 27.0 Å². The third kappa shape index (κ3) is 4.49. The van der Waals surface area contributed by atoms with Gasteiger partial charge in [0.25, 0.3) is 15.9 Å². The number of rotatable bonds is 5. The second kappa shape index (κ2) is 8.09. The minimum Gasteiger partial charge on any atom is -0.322 e. The summed E-state index contributed by atoms with van der Waals surface area (Å²) in [7, 11) is -2.34. The van der Waals surface area contributed by atoms with Gasteiger partial charge in [-0.25, -0.2) is 8.42 Å². The topological polar surface area (TPSA) is 66.5 Å². The molecule has 29 heavy (non-hydrogen) atoms. The lowest BCUT2D eigenvalue weighted by Gasteiger charge is -2.22. The van der Waals surface area contributed by atoms with E-state index in [0.29, 0.717) is 11.4 Å². The number of aryl methyl sites for hydroxylation is 3. The molecule has 0 unspecified atom stereocenters. The third-order valence-electron chi connectivity index (χ3n) is 4.65. The van der Waals surface area contributed by atoms with E-state index in [0.717, 1.165) is 21.0 Å². The molecule has 0 radical (unpaired) electrons. The highest BCUT2D eigenvalue weighted by Gasteiger charge is 2.25. The van der Waals surface area contributed by atoms with Gasteiger partial charge in [-0.05, 0) is 68.3 Å². The lowest BCUT2D eigenvalue weighted by molar-refractivity contribution is 0.102. The predicted molar refractivity (Wildman–Crippen MR) is 117 cm³/mol. The minimum atomic E-state index is -3.80. The molecule has 0 fully saturated rings. The molecule has 5 nitrogen and oxygen atoms in total. The van der Waals surface area contributed by atoms with E-state index >= 15 is 0 Å². The van der Waals surface area contributed by atoms with Crippen molar-refractivity contribution in [3.8, 4) is 0 Å². The van der Waals surface area contributed by atoms with E-state index in [4.69, 9.17) is 0 Å². The maximum Gasteiger partial charge on any atom is 0.264 e. The van der Waals surface area contributed by atoms with Crippen LogP contribution in [0.25, 0.3) is 0 Å².